The second kappa shape index (κ2) is 5.52. The second-order valence-corrected chi connectivity index (χ2v) is 6.49. The number of benzene rings is 1. The van der Waals surface area contributed by atoms with Crippen molar-refractivity contribution in [2.24, 2.45) is 0 Å². The van der Waals surface area contributed by atoms with Crippen LogP contribution in [0.25, 0.3) is 11.4 Å². The molecule has 2 aliphatic rings. The Morgan fingerprint density at radius 1 is 1.08 bits per heavy atom. The van der Waals surface area contributed by atoms with Crippen molar-refractivity contribution in [3.63, 3.8) is 0 Å². The van der Waals surface area contributed by atoms with Gasteiger partial charge in [-0.2, -0.15) is 4.98 Å². The lowest BCUT2D eigenvalue weighted by molar-refractivity contribution is 0.202. The lowest BCUT2D eigenvalue weighted by Gasteiger charge is -2.26. The van der Waals surface area contributed by atoms with Crippen LogP contribution in [0.5, 0.6) is 0 Å². The van der Waals surface area contributed by atoms with E-state index in [-0.39, 0.29) is 0 Å². The molecule has 0 spiro atoms. The van der Waals surface area contributed by atoms with Crippen LogP contribution in [0.2, 0.25) is 0 Å². The van der Waals surface area contributed by atoms with Crippen LogP contribution >= 0.6 is 0 Å². The van der Waals surface area contributed by atoms with Crippen LogP contribution < -0.4 is 0 Å². The van der Waals surface area contributed by atoms with Gasteiger partial charge in [0.25, 0.3) is 0 Å². The number of rotatable bonds is 4. The molecule has 122 valence electrons. The van der Waals surface area contributed by atoms with Gasteiger partial charge in [-0.25, -0.2) is 0 Å². The van der Waals surface area contributed by atoms with Crippen LogP contribution in [-0.4, -0.2) is 36.3 Å². The first-order valence-electron chi connectivity index (χ1n) is 8.39. The molecule has 1 aliphatic heterocycles. The SMILES string of the molecule is c1ccc(-c2nnc3n2CCN(Cc2noc(C4CC4)n2)C3)cc1. The lowest BCUT2D eigenvalue weighted by Crippen LogP contribution is -2.33. The van der Waals surface area contributed by atoms with Gasteiger partial charge in [-0.05, 0) is 12.8 Å². The maximum atomic E-state index is 5.34. The number of nitrogens with zero attached hydrogens (tertiary/aromatic N) is 6. The molecule has 1 fully saturated rings. The van der Waals surface area contributed by atoms with Gasteiger partial charge in [0.2, 0.25) is 5.89 Å². The zero-order valence-corrected chi connectivity index (χ0v) is 13.3. The summed E-state index contributed by atoms with van der Waals surface area (Å²) in [5, 5.41) is 12.9. The first-order valence-corrected chi connectivity index (χ1v) is 8.39. The van der Waals surface area contributed by atoms with Crippen LogP contribution in [0.1, 0.15) is 36.3 Å². The predicted octanol–water partition coefficient (Wildman–Crippen LogP) is 2.22. The van der Waals surface area contributed by atoms with Crippen molar-refractivity contribution in [2.75, 3.05) is 6.54 Å². The summed E-state index contributed by atoms with van der Waals surface area (Å²) in [6.07, 6.45) is 2.35. The summed E-state index contributed by atoms with van der Waals surface area (Å²) in [7, 11) is 0. The van der Waals surface area contributed by atoms with Crippen LogP contribution in [0.15, 0.2) is 34.9 Å². The number of aromatic nitrogens is 5. The Morgan fingerprint density at radius 3 is 2.79 bits per heavy atom. The van der Waals surface area contributed by atoms with Crippen LogP contribution in [-0.2, 0) is 19.6 Å². The van der Waals surface area contributed by atoms with E-state index in [1.165, 1.54) is 12.8 Å². The summed E-state index contributed by atoms with van der Waals surface area (Å²) in [4.78, 5) is 6.80. The third kappa shape index (κ3) is 2.50. The van der Waals surface area contributed by atoms with Gasteiger partial charge >= 0.3 is 0 Å². The number of hydrogen-bond donors (Lipinski definition) is 0. The Hall–Kier alpha value is -2.54. The van der Waals surface area contributed by atoms with E-state index in [9.17, 15) is 0 Å². The minimum absolute atomic E-state index is 0.504. The summed E-state index contributed by atoms with van der Waals surface area (Å²) in [6, 6.07) is 10.2. The van der Waals surface area contributed by atoms with Crippen LogP contribution in [0.4, 0.5) is 0 Å². The summed E-state index contributed by atoms with van der Waals surface area (Å²) in [6.45, 7) is 3.26. The Morgan fingerprint density at radius 2 is 1.96 bits per heavy atom. The van der Waals surface area contributed by atoms with Gasteiger partial charge < -0.3 is 9.09 Å². The van der Waals surface area contributed by atoms with E-state index < -0.39 is 0 Å². The minimum Gasteiger partial charge on any atom is -0.339 e. The van der Waals surface area contributed by atoms with Crippen molar-refractivity contribution in [3.8, 4) is 11.4 Å². The third-order valence-electron chi connectivity index (χ3n) is 4.64. The Bertz CT molecular complexity index is 851. The first kappa shape index (κ1) is 13.9. The topological polar surface area (TPSA) is 72.9 Å². The molecule has 5 rings (SSSR count). The highest BCUT2D eigenvalue weighted by atomic mass is 16.5. The summed E-state index contributed by atoms with van der Waals surface area (Å²) < 4.78 is 7.55. The fourth-order valence-electron chi connectivity index (χ4n) is 3.17. The highest BCUT2D eigenvalue weighted by Crippen LogP contribution is 2.38. The van der Waals surface area contributed by atoms with E-state index in [2.05, 4.69) is 41.9 Å². The molecule has 0 unspecified atom stereocenters. The van der Waals surface area contributed by atoms with Crippen molar-refractivity contribution >= 4 is 0 Å². The molecule has 3 heterocycles. The zero-order valence-electron chi connectivity index (χ0n) is 13.3. The largest absolute Gasteiger partial charge is 0.339 e. The molecular formula is C17H18N6O. The maximum Gasteiger partial charge on any atom is 0.229 e. The average Bonchev–Trinajstić information content (AvgIpc) is 3.22. The van der Waals surface area contributed by atoms with Gasteiger partial charge in [0, 0.05) is 24.6 Å². The zero-order chi connectivity index (χ0) is 15.9. The van der Waals surface area contributed by atoms with E-state index in [1.54, 1.807) is 0 Å². The molecule has 1 aromatic carbocycles. The highest BCUT2D eigenvalue weighted by molar-refractivity contribution is 5.55. The summed E-state index contributed by atoms with van der Waals surface area (Å²) >= 11 is 0. The van der Waals surface area contributed by atoms with Crippen molar-refractivity contribution in [2.45, 2.75) is 38.4 Å². The quantitative estimate of drug-likeness (QED) is 0.733. The number of hydrogen-bond acceptors (Lipinski definition) is 6. The van der Waals surface area contributed by atoms with Crippen molar-refractivity contribution < 1.29 is 4.52 Å². The van der Waals surface area contributed by atoms with Gasteiger partial charge in [-0.15, -0.1) is 10.2 Å². The molecule has 1 aliphatic carbocycles. The third-order valence-corrected chi connectivity index (χ3v) is 4.64. The molecule has 0 amide bonds. The Balaban J connectivity index is 1.32. The monoisotopic (exact) mass is 322 g/mol. The molecule has 0 N–H and O–H groups in total. The normalized spacial score (nSPS) is 17.8. The molecule has 0 bridgehead atoms. The molecule has 24 heavy (non-hydrogen) atoms. The van der Waals surface area contributed by atoms with Crippen molar-refractivity contribution in [1.82, 2.24) is 29.8 Å². The van der Waals surface area contributed by atoms with E-state index in [1.807, 2.05) is 18.2 Å². The predicted molar refractivity (Wildman–Crippen MR) is 85.8 cm³/mol. The molecule has 0 radical (unpaired) electrons. The Labute approximate surface area is 139 Å². The van der Waals surface area contributed by atoms with Gasteiger partial charge in [-0.3, -0.25) is 4.90 Å². The fraction of sp³-hybridized carbons (Fsp3) is 0.412. The lowest BCUT2D eigenvalue weighted by atomic mass is 10.2. The van der Waals surface area contributed by atoms with Crippen LogP contribution in [0.3, 0.4) is 0 Å². The first-order chi connectivity index (χ1) is 11.9. The van der Waals surface area contributed by atoms with Crippen LogP contribution in [0, 0.1) is 0 Å². The van der Waals surface area contributed by atoms with Crippen molar-refractivity contribution in [1.29, 1.82) is 0 Å². The maximum absolute atomic E-state index is 5.34. The van der Waals surface area contributed by atoms with E-state index >= 15 is 0 Å². The van der Waals surface area contributed by atoms with Gasteiger partial charge in [0.1, 0.15) is 5.82 Å². The molecule has 7 heteroatoms. The molecule has 3 aromatic rings. The smallest absolute Gasteiger partial charge is 0.229 e. The van der Waals surface area contributed by atoms with E-state index in [0.29, 0.717) is 12.5 Å². The average molecular weight is 322 g/mol. The van der Waals surface area contributed by atoms with Gasteiger partial charge in [0.05, 0.1) is 13.1 Å². The van der Waals surface area contributed by atoms with E-state index in [4.69, 9.17) is 4.52 Å². The molecule has 0 atom stereocenters. The fourth-order valence-corrected chi connectivity index (χ4v) is 3.17. The minimum atomic E-state index is 0.504. The molecule has 2 aromatic heterocycles. The molecule has 1 saturated carbocycles. The van der Waals surface area contributed by atoms with E-state index in [0.717, 1.165) is 48.6 Å². The standard InChI is InChI=1S/C17H18N6O/c1-2-4-12(5-3-1)16-20-19-15-11-22(8-9-23(15)16)10-14-18-17(24-21-14)13-6-7-13/h1-5,13H,6-11H2. The molecule has 7 nitrogen and oxygen atoms in total. The van der Waals surface area contributed by atoms with Crippen molar-refractivity contribution in [3.05, 3.63) is 47.9 Å². The second-order valence-electron chi connectivity index (χ2n) is 6.49. The Kier molecular flexibility index (Phi) is 3.19. The molecular weight excluding hydrogens is 304 g/mol. The number of fused-ring (bicyclic) bond motifs is 1. The summed E-state index contributed by atoms with van der Waals surface area (Å²) in [5.41, 5.74) is 1.11. The van der Waals surface area contributed by atoms with Gasteiger partial charge in [0.15, 0.2) is 11.6 Å². The summed E-state index contributed by atoms with van der Waals surface area (Å²) in [5.74, 6) is 4.01. The highest BCUT2D eigenvalue weighted by Gasteiger charge is 2.30. The molecule has 0 saturated heterocycles. The van der Waals surface area contributed by atoms with Gasteiger partial charge in [-0.1, -0.05) is 35.5 Å².